The fourth-order valence-corrected chi connectivity index (χ4v) is 2.90. The molecule has 1 atom stereocenters. The van der Waals surface area contributed by atoms with Crippen LogP contribution >= 0.6 is 0 Å². The molecule has 0 saturated heterocycles. The summed E-state index contributed by atoms with van der Waals surface area (Å²) in [6, 6.07) is 3.72. The average Bonchev–Trinajstić information content (AvgIpc) is 2.95. The van der Waals surface area contributed by atoms with Crippen molar-refractivity contribution in [3.8, 4) is 5.75 Å². The predicted octanol–water partition coefficient (Wildman–Crippen LogP) is 2.93. The fourth-order valence-electron chi connectivity index (χ4n) is 2.90. The number of ketones is 1. The molecule has 0 saturated carbocycles. The van der Waals surface area contributed by atoms with Gasteiger partial charge in [-0.25, -0.2) is 4.79 Å². The second-order valence-electron chi connectivity index (χ2n) is 6.36. The first kappa shape index (κ1) is 21.6. The number of aryl methyl sites for hydroxylation is 1. The van der Waals surface area contributed by atoms with Gasteiger partial charge in [0, 0.05) is 23.4 Å². The maximum atomic E-state index is 12.4. The van der Waals surface area contributed by atoms with Gasteiger partial charge >= 0.3 is 5.97 Å². The molecular formula is C19H21N3O7. The SMILES string of the molecule is COc1ccc([N+](=O)[O-])cc1NC(=O)C(C)OC(=O)c1[nH]c(C)c(C(C)=O)c1C. The van der Waals surface area contributed by atoms with Crippen LogP contribution in [0.5, 0.6) is 5.75 Å². The lowest BCUT2D eigenvalue weighted by molar-refractivity contribution is -0.384. The zero-order chi connectivity index (χ0) is 21.9. The topological polar surface area (TPSA) is 141 Å². The lowest BCUT2D eigenvalue weighted by Crippen LogP contribution is -2.30. The van der Waals surface area contributed by atoms with Crippen molar-refractivity contribution in [2.24, 2.45) is 0 Å². The Hall–Kier alpha value is -3.69. The summed E-state index contributed by atoms with van der Waals surface area (Å²) in [5, 5.41) is 13.4. The predicted molar refractivity (Wildman–Crippen MR) is 103 cm³/mol. The minimum absolute atomic E-state index is 0.0698. The number of nitrogens with zero attached hydrogens (tertiary/aromatic N) is 1. The highest BCUT2D eigenvalue weighted by Gasteiger charge is 2.25. The molecule has 1 amide bonds. The molecular weight excluding hydrogens is 382 g/mol. The molecule has 0 spiro atoms. The molecule has 154 valence electrons. The van der Waals surface area contributed by atoms with Crippen LogP contribution in [0.3, 0.4) is 0 Å². The summed E-state index contributed by atoms with van der Waals surface area (Å²) in [4.78, 5) is 49.7. The third kappa shape index (κ3) is 4.60. The van der Waals surface area contributed by atoms with Gasteiger partial charge in [0.25, 0.3) is 11.6 Å². The molecule has 29 heavy (non-hydrogen) atoms. The highest BCUT2D eigenvalue weighted by Crippen LogP contribution is 2.29. The Morgan fingerprint density at radius 1 is 1.24 bits per heavy atom. The molecule has 0 aliphatic rings. The Bertz CT molecular complexity index is 994. The lowest BCUT2D eigenvalue weighted by atomic mass is 10.1. The number of hydrogen-bond donors (Lipinski definition) is 2. The van der Waals surface area contributed by atoms with Crippen LogP contribution < -0.4 is 10.1 Å². The van der Waals surface area contributed by atoms with E-state index in [0.717, 1.165) is 6.07 Å². The number of benzene rings is 1. The third-order valence-electron chi connectivity index (χ3n) is 4.30. The fraction of sp³-hybridized carbons (Fsp3) is 0.316. The first-order valence-electron chi connectivity index (χ1n) is 8.61. The number of carbonyl (C=O) groups is 3. The van der Waals surface area contributed by atoms with Crippen LogP contribution in [0.1, 0.15) is 46.0 Å². The van der Waals surface area contributed by atoms with Gasteiger partial charge in [-0.15, -0.1) is 0 Å². The average molecular weight is 403 g/mol. The number of nitrogens with one attached hydrogen (secondary N) is 2. The molecule has 2 N–H and O–H groups in total. The van der Waals surface area contributed by atoms with Gasteiger partial charge in [-0.2, -0.15) is 0 Å². The number of anilines is 1. The molecule has 1 unspecified atom stereocenters. The first-order chi connectivity index (χ1) is 13.6. The Balaban J connectivity index is 2.17. The molecule has 10 heteroatoms. The number of hydrogen-bond acceptors (Lipinski definition) is 7. The number of methoxy groups -OCH3 is 1. The van der Waals surface area contributed by atoms with Crippen LogP contribution in [-0.4, -0.2) is 40.8 Å². The summed E-state index contributed by atoms with van der Waals surface area (Å²) in [6.07, 6.45) is -1.21. The van der Waals surface area contributed by atoms with Crippen molar-refractivity contribution < 1.29 is 28.8 Å². The molecule has 2 rings (SSSR count). The summed E-state index contributed by atoms with van der Waals surface area (Å²) in [5.41, 5.74) is 1.28. The first-order valence-corrected chi connectivity index (χ1v) is 8.61. The monoisotopic (exact) mass is 403 g/mol. The van der Waals surface area contributed by atoms with Crippen molar-refractivity contribution in [2.75, 3.05) is 12.4 Å². The van der Waals surface area contributed by atoms with Crippen molar-refractivity contribution >= 4 is 29.0 Å². The molecule has 0 bridgehead atoms. The molecule has 0 radical (unpaired) electrons. The lowest BCUT2D eigenvalue weighted by Gasteiger charge is -2.15. The van der Waals surface area contributed by atoms with Crippen LogP contribution in [0.2, 0.25) is 0 Å². The van der Waals surface area contributed by atoms with Gasteiger partial charge in [-0.1, -0.05) is 0 Å². The third-order valence-corrected chi connectivity index (χ3v) is 4.30. The van der Waals surface area contributed by atoms with E-state index in [4.69, 9.17) is 9.47 Å². The van der Waals surface area contributed by atoms with E-state index < -0.39 is 22.9 Å². The number of esters is 1. The van der Waals surface area contributed by atoms with Gasteiger partial charge in [-0.3, -0.25) is 19.7 Å². The summed E-state index contributed by atoms with van der Waals surface area (Å²) < 4.78 is 10.3. The molecule has 1 aromatic heterocycles. The van der Waals surface area contributed by atoms with E-state index in [2.05, 4.69) is 10.3 Å². The maximum absolute atomic E-state index is 12.4. The van der Waals surface area contributed by atoms with Crippen LogP contribution in [0.15, 0.2) is 18.2 Å². The summed E-state index contributed by atoms with van der Waals surface area (Å²) >= 11 is 0. The highest BCUT2D eigenvalue weighted by atomic mass is 16.6. The Morgan fingerprint density at radius 2 is 1.90 bits per heavy atom. The molecule has 10 nitrogen and oxygen atoms in total. The summed E-state index contributed by atoms with van der Waals surface area (Å²) in [7, 11) is 1.35. The van der Waals surface area contributed by atoms with Gasteiger partial charge in [0.15, 0.2) is 11.9 Å². The zero-order valence-electron chi connectivity index (χ0n) is 16.6. The van der Waals surface area contributed by atoms with Gasteiger partial charge < -0.3 is 19.8 Å². The largest absolute Gasteiger partial charge is 0.495 e. The number of non-ortho nitro benzene ring substituents is 1. The number of aromatic nitrogens is 1. The Morgan fingerprint density at radius 3 is 2.41 bits per heavy atom. The van der Waals surface area contributed by atoms with E-state index in [9.17, 15) is 24.5 Å². The van der Waals surface area contributed by atoms with Crippen molar-refractivity contribution in [1.29, 1.82) is 0 Å². The van der Waals surface area contributed by atoms with Gasteiger partial charge in [0.1, 0.15) is 11.4 Å². The molecule has 0 aliphatic heterocycles. The van der Waals surface area contributed by atoms with E-state index in [1.54, 1.807) is 13.8 Å². The minimum Gasteiger partial charge on any atom is -0.495 e. The molecule has 1 aromatic carbocycles. The maximum Gasteiger partial charge on any atom is 0.355 e. The van der Waals surface area contributed by atoms with Gasteiger partial charge in [0.2, 0.25) is 0 Å². The van der Waals surface area contributed by atoms with Crippen LogP contribution in [0.25, 0.3) is 0 Å². The van der Waals surface area contributed by atoms with E-state index in [0.29, 0.717) is 16.8 Å². The number of amides is 1. The molecule has 1 heterocycles. The summed E-state index contributed by atoms with van der Waals surface area (Å²) in [5.74, 6) is -1.49. The second kappa shape index (κ2) is 8.55. The number of nitro groups is 1. The summed E-state index contributed by atoms with van der Waals surface area (Å²) in [6.45, 7) is 6.01. The minimum atomic E-state index is -1.21. The van der Waals surface area contributed by atoms with Crippen molar-refractivity contribution in [1.82, 2.24) is 4.98 Å². The number of ether oxygens (including phenoxy) is 2. The zero-order valence-corrected chi connectivity index (χ0v) is 16.6. The van der Waals surface area contributed by atoms with E-state index in [1.807, 2.05) is 0 Å². The van der Waals surface area contributed by atoms with Crippen LogP contribution in [0, 0.1) is 24.0 Å². The van der Waals surface area contributed by atoms with Crippen molar-refractivity contribution in [2.45, 2.75) is 33.8 Å². The smallest absolute Gasteiger partial charge is 0.355 e. The van der Waals surface area contributed by atoms with Crippen molar-refractivity contribution in [3.63, 3.8) is 0 Å². The number of Topliss-reactive ketones (excluding diaryl/α,β-unsaturated/α-hetero) is 1. The van der Waals surface area contributed by atoms with Crippen LogP contribution in [-0.2, 0) is 9.53 Å². The van der Waals surface area contributed by atoms with Gasteiger partial charge in [-0.05, 0) is 39.3 Å². The number of aromatic amines is 1. The normalized spacial score (nSPS) is 11.5. The molecule has 2 aromatic rings. The second-order valence-corrected chi connectivity index (χ2v) is 6.36. The Kier molecular flexibility index (Phi) is 6.37. The highest BCUT2D eigenvalue weighted by molar-refractivity contribution is 6.02. The Labute approximate surface area is 166 Å². The standard InChI is InChI=1S/C19H21N3O7/c1-9-16(11(3)23)10(2)20-17(9)19(25)29-12(4)18(24)21-14-8-13(22(26)27)6-7-15(14)28-5/h6-8,12,20H,1-5H3,(H,21,24). The van der Waals surface area contributed by atoms with E-state index in [-0.39, 0.29) is 28.6 Å². The van der Waals surface area contributed by atoms with Crippen molar-refractivity contribution in [3.05, 3.63) is 50.8 Å². The molecule has 0 aliphatic carbocycles. The molecule has 0 fully saturated rings. The quantitative estimate of drug-likeness (QED) is 0.313. The van der Waals surface area contributed by atoms with E-state index in [1.165, 1.54) is 33.1 Å². The number of nitro benzene ring substituents is 1. The van der Waals surface area contributed by atoms with Crippen LogP contribution in [0.4, 0.5) is 11.4 Å². The number of carbonyl (C=O) groups excluding carboxylic acids is 3. The van der Waals surface area contributed by atoms with Gasteiger partial charge in [0.05, 0.1) is 17.7 Å². The number of H-pyrrole nitrogens is 1. The number of rotatable bonds is 7. The van der Waals surface area contributed by atoms with E-state index >= 15 is 0 Å².